The quantitative estimate of drug-likeness (QED) is 0.901. The Kier molecular flexibility index (Phi) is 5.67. The summed E-state index contributed by atoms with van der Waals surface area (Å²) in [7, 11) is 0. The van der Waals surface area contributed by atoms with Crippen LogP contribution in [0.2, 0.25) is 0 Å². The number of hydrogen-bond acceptors (Lipinski definition) is 3. The number of piperidine rings is 1. The summed E-state index contributed by atoms with van der Waals surface area (Å²) in [6.07, 6.45) is 5.05. The molecule has 2 saturated heterocycles. The Hall–Kier alpha value is -0.900. The number of rotatable bonds is 5. The Balaban J connectivity index is 1.35. The van der Waals surface area contributed by atoms with Gasteiger partial charge in [0.05, 0.1) is 0 Å². The molecule has 2 aliphatic heterocycles. The van der Waals surface area contributed by atoms with Crippen molar-refractivity contribution in [3.05, 3.63) is 35.9 Å². The summed E-state index contributed by atoms with van der Waals surface area (Å²) in [5.74, 6) is 0.834. The molecule has 0 spiro atoms. The molecule has 0 aliphatic carbocycles. The molecule has 3 rings (SSSR count). The van der Waals surface area contributed by atoms with Crippen LogP contribution in [0.15, 0.2) is 30.3 Å². The molecule has 0 bridgehead atoms. The van der Waals surface area contributed by atoms with Crippen molar-refractivity contribution in [2.24, 2.45) is 5.92 Å². The van der Waals surface area contributed by atoms with Gasteiger partial charge in [-0.05, 0) is 56.8 Å². The van der Waals surface area contributed by atoms with E-state index in [2.05, 4.69) is 40.5 Å². The largest absolute Gasteiger partial charge is 0.381 e. The van der Waals surface area contributed by atoms with Crippen molar-refractivity contribution in [3.63, 3.8) is 0 Å². The summed E-state index contributed by atoms with van der Waals surface area (Å²) in [5, 5.41) is 3.79. The first-order valence-electron chi connectivity index (χ1n) is 8.47. The molecule has 1 N–H and O–H groups in total. The minimum Gasteiger partial charge on any atom is -0.381 e. The molecule has 2 heterocycles. The highest BCUT2D eigenvalue weighted by molar-refractivity contribution is 5.14. The van der Waals surface area contributed by atoms with Crippen LogP contribution in [0, 0.1) is 5.92 Å². The van der Waals surface area contributed by atoms with Gasteiger partial charge in [-0.2, -0.15) is 0 Å². The maximum absolute atomic E-state index is 5.43. The second kappa shape index (κ2) is 7.92. The number of benzene rings is 1. The van der Waals surface area contributed by atoms with Crippen molar-refractivity contribution in [1.82, 2.24) is 10.2 Å². The fourth-order valence-corrected chi connectivity index (χ4v) is 3.42. The van der Waals surface area contributed by atoms with Gasteiger partial charge in [0.25, 0.3) is 0 Å². The predicted molar refractivity (Wildman–Crippen MR) is 86.3 cm³/mol. The zero-order chi connectivity index (χ0) is 14.3. The topological polar surface area (TPSA) is 24.5 Å². The SMILES string of the molecule is c1ccc(CN2CCC(NCC3CCOCC3)CC2)cc1. The van der Waals surface area contributed by atoms with Crippen molar-refractivity contribution in [1.29, 1.82) is 0 Å². The van der Waals surface area contributed by atoms with Gasteiger partial charge in [0.15, 0.2) is 0 Å². The zero-order valence-electron chi connectivity index (χ0n) is 13.0. The van der Waals surface area contributed by atoms with Crippen molar-refractivity contribution >= 4 is 0 Å². The Bertz CT molecular complexity index is 395. The fourth-order valence-electron chi connectivity index (χ4n) is 3.42. The lowest BCUT2D eigenvalue weighted by atomic mass is 9.98. The van der Waals surface area contributed by atoms with Crippen molar-refractivity contribution in [3.8, 4) is 0 Å². The van der Waals surface area contributed by atoms with E-state index in [9.17, 15) is 0 Å². The van der Waals surface area contributed by atoms with E-state index in [1.54, 1.807) is 0 Å². The van der Waals surface area contributed by atoms with E-state index in [-0.39, 0.29) is 0 Å². The Morgan fingerprint density at radius 1 is 1.00 bits per heavy atom. The first kappa shape index (κ1) is 15.0. The maximum Gasteiger partial charge on any atom is 0.0469 e. The minimum absolute atomic E-state index is 0.722. The molecule has 0 saturated carbocycles. The third-order valence-electron chi connectivity index (χ3n) is 4.87. The van der Waals surface area contributed by atoms with Crippen LogP contribution in [0.25, 0.3) is 0 Å². The van der Waals surface area contributed by atoms with Crippen molar-refractivity contribution < 1.29 is 4.74 Å². The third-order valence-corrected chi connectivity index (χ3v) is 4.87. The van der Waals surface area contributed by atoms with Crippen LogP contribution in [-0.2, 0) is 11.3 Å². The molecule has 3 nitrogen and oxygen atoms in total. The molecular formula is C18H28N2O. The maximum atomic E-state index is 5.43. The van der Waals surface area contributed by atoms with Crippen LogP contribution in [0.3, 0.4) is 0 Å². The van der Waals surface area contributed by atoms with Gasteiger partial charge in [-0.15, -0.1) is 0 Å². The first-order valence-corrected chi connectivity index (χ1v) is 8.47. The molecule has 2 fully saturated rings. The molecule has 3 heteroatoms. The molecule has 1 aromatic carbocycles. The third kappa shape index (κ3) is 4.80. The van der Waals surface area contributed by atoms with Crippen LogP contribution >= 0.6 is 0 Å². The number of nitrogens with one attached hydrogen (secondary N) is 1. The van der Waals surface area contributed by atoms with Gasteiger partial charge in [0.1, 0.15) is 0 Å². The normalized spacial score (nSPS) is 22.5. The summed E-state index contributed by atoms with van der Waals surface area (Å²) in [6, 6.07) is 11.6. The lowest BCUT2D eigenvalue weighted by Gasteiger charge is -2.33. The highest BCUT2D eigenvalue weighted by atomic mass is 16.5. The lowest BCUT2D eigenvalue weighted by molar-refractivity contribution is 0.0642. The zero-order valence-corrected chi connectivity index (χ0v) is 13.0. The van der Waals surface area contributed by atoms with Crippen LogP contribution in [0.5, 0.6) is 0 Å². The van der Waals surface area contributed by atoms with Gasteiger partial charge in [-0.25, -0.2) is 0 Å². The van der Waals surface area contributed by atoms with E-state index < -0.39 is 0 Å². The standard InChI is InChI=1S/C18H28N2O/c1-2-4-17(5-3-1)15-20-10-6-18(7-11-20)19-14-16-8-12-21-13-9-16/h1-5,16,18-19H,6-15H2. The molecule has 116 valence electrons. The average molecular weight is 288 g/mol. The number of ether oxygens (including phenoxy) is 1. The van der Waals surface area contributed by atoms with Crippen LogP contribution < -0.4 is 5.32 Å². The predicted octanol–water partition coefficient (Wildman–Crippen LogP) is 2.67. The van der Waals surface area contributed by atoms with E-state index in [0.29, 0.717) is 0 Å². The van der Waals surface area contributed by atoms with Gasteiger partial charge >= 0.3 is 0 Å². The Morgan fingerprint density at radius 3 is 2.43 bits per heavy atom. The van der Waals surface area contributed by atoms with E-state index in [0.717, 1.165) is 31.7 Å². The molecule has 0 amide bonds. The summed E-state index contributed by atoms with van der Waals surface area (Å²) < 4.78 is 5.43. The van der Waals surface area contributed by atoms with Gasteiger partial charge in [0, 0.05) is 25.8 Å². The molecule has 1 aromatic rings. The fraction of sp³-hybridized carbons (Fsp3) is 0.667. The van der Waals surface area contributed by atoms with E-state index >= 15 is 0 Å². The molecule has 0 atom stereocenters. The van der Waals surface area contributed by atoms with Crippen LogP contribution in [0.1, 0.15) is 31.2 Å². The van der Waals surface area contributed by atoms with Gasteiger partial charge in [-0.1, -0.05) is 30.3 Å². The monoisotopic (exact) mass is 288 g/mol. The van der Waals surface area contributed by atoms with Crippen molar-refractivity contribution in [2.45, 2.75) is 38.3 Å². The molecule has 21 heavy (non-hydrogen) atoms. The molecule has 0 radical (unpaired) electrons. The van der Waals surface area contributed by atoms with Crippen molar-refractivity contribution in [2.75, 3.05) is 32.8 Å². The summed E-state index contributed by atoms with van der Waals surface area (Å²) in [6.45, 7) is 6.66. The number of likely N-dealkylation sites (tertiary alicyclic amines) is 1. The van der Waals surface area contributed by atoms with Crippen LogP contribution in [0.4, 0.5) is 0 Å². The van der Waals surface area contributed by atoms with Gasteiger partial charge in [0.2, 0.25) is 0 Å². The molecule has 0 unspecified atom stereocenters. The molecule has 0 aromatic heterocycles. The molecule has 2 aliphatic rings. The second-order valence-electron chi connectivity index (χ2n) is 6.50. The lowest BCUT2D eigenvalue weighted by Crippen LogP contribution is -2.44. The average Bonchev–Trinajstić information content (AvgIpc) is 2.56. The minimum atomic E-state index is 0.722. The molecular weight excluding hydrogens is 260 g/mol. The van der Waals surface area contributed by atoms with E-state index in [4.69, 9.17) is 4.74 Å². The summed E-state index contributed by atoms with van der Waals surface area (Å²) >= 11 is 0. The highest BCUT2D eigenvalue weighted by Crippen LogP contribution is 2.17. The smallest absolute Gasteiger partial charge is 0.0469 e. The number of nitrogens with zero attached hydrogens (tertiary/aromatic N) is 1. The number of hydrogen-bond donors (Lipinski definition) is 1. The first-order chi connectivity index (χ1) is 10.4. The summed E-state index contributed by atoms with van der Waals surface area (Å²) in [5.41, 5.74) is 1.44. The van der Waals surface area contributed by atoms with Gasteiger partial charge in [-0.3, -0.25) is 4.90 Å². The van der Waals surface area contributed by atoms with E-state index in [1.165, 1.54) is 50.9 Å². The van der Waals surface area contributed by atoms with E-state index in [1.807, 2.05) is 0 Å². The Labute approximate surface area is 128 Å². The highest BCUT2D eigenvalue weighted by Gasteiger charge is 2.20. The van der Waals surface area contributed by atoms with Crippen LogP contribution in [-0.4, -0.2) is 43.8 Å². The Morgan fingerprint density at radius 2 is 1.71 bits per heavy atom. The van der Waals surface area contributed by atoms with Gasteiger partial charge < -0.3 is 10.1 Å². The second-order valence-corrected chi connectivity index (χ2v) is 6.50. The summed E-state index contributed by atoms with van der Waals surface area (Å²) in [4.78, 5) is 2.59.